The van der Waals surface area contributed by atoms with E-state index in [0.717, 1.165) is 42.7 Å². The highest BCUT2D eigenvalue weighted by Crippen LogP contribution is 2.37. The Labute approximate surface area is 272 Å². The second kappa shape index (κ2) is 15.0. The van der Waals surface area contributed by atoms with E-state index in [2.05, 4.69) is 20.4 Å². The quantitative estimate of drug-likeness (QED) is 0.145. The molecule has 17 heteroatoms. The smallest absolute Gasteiger partial charge is 0.417 e. The molecule has 0 atom stereocenters. The number of hydrogen-bond donors (Lipinski definition) is 0. The maximum absolute atomic E-state index is 15.1. The molecule has 0 bridgehead atoms. The van der Waals surface area contributed by atoms with Crippen LogP contribution in [0.2, 0.25) is 5.02 Å². The second-order valence-corrected chi connectivity index (χ2v) is 11.9. The van der Waals surface area contributed by atoms with Crippen molar-refractivity contribution in [2.24, 2.45) is 18.9 Å². The summed E-state index contributed by atoms with van der Waals surface area (Å²) in [5.74, 6) is -0.927. The predicted octanol–water partition coefficient (Wildman–Crippen LogP) is 7.23. The molecule has 1 saturated carbocycles. The van der Waals surface area contributed by atoms with Crippen molar-refractivity contribution in [2.45, 2.75) is 71.4 Å². The first-order chi connectivity index (χ1) is 22.1. The van der Waals surface area contributed by atoms with Crippen LogP contribution >= 0.6 is 11.6 Å². The van der Waals surface area contributed by atoms with E-state index in [-0.39, 0.29) is 41.7 Å². The number of tetrazole rings is 1. The molecule has 47 heavy (non-hydrogen) atoms. The molecule has 1 aliphatic carbocycles. The maximum atomic E-state index is 15.1. The van der Waals surface area contributed by atoms with Crippen molar-refractivity contribution in [2.75, 3.05) is 29.5 Å². The minimum absolute atomic E-state index is 0.0728. The Morgan fingerprint density at radius 3 is 2.15 bits per heavy atom. The normalized spacial score (nSPS) is 17.1. The highest BCUT2D eigenvalue weighted by molar-refractivity contribution is 6.30. The topological polar surface area (TPSA) is 89.3 Å². The van der Waals surface area contributed by atoms with Gasteiger partial charge in [-0.05, 0) is 74.8 Å². The van der Waals surface area contributed by atoms with Crippen LogP contribution < -0.4 is 9.80 Å². The zero-order valence-corrected chi connectivity index (χ0v) is 26.8. The fraction of sp³-hybridized carbons (Fsp3) is 0.567. The number of nitrogens with zero attached hydrogens (tertiary/aromatic N) is 7. The third-order valence-corrected chi connectivity index (χ3v) is 8.37. The summed E-state index contributed by atoms with van der Waals surface area (Å²) in [5.41, 5.74) is -2.62. The molecule has 0 aliphatic heterocycles. The molecule has 1 aromatic carbocycles. The van der Waals surface area contributed by atoms with E-state index in [9.17, 15) is 31.1 Å². The van der Waals surface area contributed by atoms with E-state index in [1.807, 2.05) is 11.8 Å². The molecule has 0 saturated heterocycles. The number of carbonyl (C=O) groups is 1. The summed E-state index contributed by atoms with van der Waals surface area (Å²) in [6, 6.07) is 1.97. The van der Waals surface area contributed by atoms with Crippen LogP contribution in [0.4, 0.5) is 42.5 Å². The summed E-state index contributed by atoms with van der Waals surface area (Å²) in [7, 11) is 1.42. The zero-order chi connectivity index (χ0) is 34.5. The molecule has 2 heterocycles. The minimum Gasteiger partial charge on any atom is -0.466 e. The minimum atomic E-state index is -4.83. The Hall–Kier alpha value is -3.69. The van der Waals surface area contributed by atoms with Gasteiger partial charge in [-0.1, -0.05) is 16.7 Å². The van der Waals surface area contributed by atoms with Gasteiger partial charge in [0.05, 0.1) is 29.8 Å². The molecule has 2 aromatic heterocycles. The standard InChI is InChI=1S/C30H35ClF7N7O2/c1-4-44(15-19-8-6-18(7-9-19)10-25(46)47-5-2)27-21(12-23(14-39-27)30(36,37)38)17-45(28-40-42-43(3)41-28)16-20-11-22(29(33,34)35)13-24(31)26(20)32/h11-14,18-19H,4-10,15-17H2,1-3H3/t18-,19-. The number of aromatic nitrogens is 5. The van der Waals surface area contributed by atoms with Crippen molar-refractivity contribution in [3.63, 3.8) is 0 Å². The lowest BCUT2D eigenvalue weighted by Crippen LogP contribution is -2.34. The van der Waals surface area contributed by atoms with Crippen molar-refractivity contribution in [3.05, 3.63) is 57.5 Å². The number of carbonyl (C=O) groups excluding carboxylic acids is 1. The fourth-order valence-electron chi connectivity index (χ4n) is 5.74. The molecule has 0 amide bonds. The summed E-state index contributed by atoms with van der Waals surface area (Å²) < 4.78 is 102. The summed E-state index contributed by atoms with van der Waals surface area (Å²) in [4.78, 5) is 20.2. The van der Waals surface area contributed by atoms with E-state index < -0.39 is 46.4 Å². The number of ether oxygens (including phenoxy) is 1. The molecule has 258 valence electrons. The van der Waals surface area contributed by atoms with Gasteiger partial charge in [-0.2, -0.15) is 31.1 Å². The fourth-order valence-corrected chi connectivity index (χ4v) is 5.98. The largest absolute Gasteiger partial charge is 0.466 e. The number of alkyl halides is 6. The third kappa shape index (κ3) is 9.45. The van der Waals surface area contributed by atoms with Crippen molar-refractivity contribution < 1.29 is 40.3 Å². The van der Waals surface area contributed by atoms with Crippen LogP contribution in [-0.4, -0.2) is 50.9 Å². The van der Waals surface area contributed by atoms with Crippen LogP contribution in [0.25, 0.3) is 0 Å². The van der Waals surface area contributed by atoms with Crippen molar-refractivity contribution in [1.29, 1.82) is 0 Å². The number of anilines is 2. The monoisotopic (exact) mass is 693 g/mol. The van der Waals surface area contributed by atoms with Gasteiger partial charge in [0.2, 0.25) is 0 Å². The number of benzene rings is 1. The van der Waals surface area contributed by atoms with Gasteiger partial charge in [-0.3, -0.25) is 4.79 Å². The van der Waals surface area contributed by atoms with Crippen LogP contribution in [0.5, 0.6) is 0 Å². The van der Waals surface area contributed by atoms with Crippen LogP contribution in [0.3, 0.4) is 0 Å². The lowest BCUT2D eigenvalue weighted by molar-refractivity contribution is -0.144. The zero-order valence-electron chi connectivity index (χ0n) is 26.0. The van der Waals surface area contributed by atoms with Crippen molar-refractivity contribution in [1.82, 2.24) is 25.2 Å². The maximum Gasteiger partial charge on any atom is 0.417 e. The number of pyridine rings is 1. The van der Waals surface area contributed by atoms with E-state index in [4.69, 9.17) is 16.3 Å². The van der Waals surface area contributed by atoms with Gasteiger partial charge >= 0.3 is 18.3 Å². The van der Waals surface area contributed by atoms with E-state index in [1.54, 1.807) is 6.92 Å². The summed E-state index contributed by atoms with van der Waals surface area (Å²) in [5, 5.41) is 10.9. The lowest BCUT2D eigenvalue weighted by Gasteiger charge is -2.34. The molecule has 0 N–H and O–H groups in total. The molecule has 0 unspecified atom stereocenters. The molecule has 0 radical (unpaired) electrons. The lowest BCUT2D eigenvalue weighted by atomic mass is 9.80. The Morgan fingerprint density at radius 2 is 1.57 bits per heavy atom. The molecule has 1 fully saturated rings. The number of rotatable bonds is 12. The predicted molar refractivity (Wildman–Crippen MR) is 159 cm³/mol. The van der Waals surface area contributed by atoms with Gasteiger partial charge in [0.1, 0.15) is 11.6 Å². The van der Waals surface area contributed by atoms with Gasteiger partial charge < -0.3 is 14.5 Å². The van der Waals surface area contributed by atoms with Crippen LogP contribution in [0.15, 0.2) is 24.4 Å². The summed E-state index contributed by atoms with van der Waals surface area (Å²) in [6.45, 7) is 3.79. The first-order valence-corrected chi connectivity index (χ1v) is 15.5. The first kappa shape index (κ1) is 36.2. The molecule has 4 rings (SSSR count). The Kier molecular flexibility index (Phi) is 11.6. The Bertz CT molecular complexity index is 1530. The van der Waals surface area contributed by atoms with E-state index in [1.165, 1.54) is 11.9 Å². The SMILES string of the molecule is CCOC(=O)C[C@H]1CC[C@H](CN(CC)c2ncc(C(F)(F)F)cc2CN(Cc2cc(C(F)(F)F)cc(Cl)c2F)c2nnn(C)n2)CC1. The molecule has 1 aliphatic rings. The van der Waals surface area contributed by atoms with Crippen LogP contribution in [0, 0.1) is 17.7 Å². The number of aryl methyl sites for hydroxylation is 1. The van der Waals surface area contributed by atoms with E-state index in [0.29, 0.717) is 38.2 Å². The summed E-state index contributed by atoms with van der Waals surface area (Å²) in [6.07, 6.45) is -5.33. The number of hydrogen-bond acceptors (Lipinski definition) is 8. The molecule has 3 aromatic rings. The molecular formula is C30H35ClF7N7O2. The van der Waals surface area contributed by atoms with Crippen molar-refractivity contribution in [3.8, 4) is 0 Å². The average Bonchev–Trinajstić information content (AvgIpc) is 3.43. The van der Waals surface area contributed by atoms with Gasteiger partial charge in [-0.25, -0.2) is 9.37 Å². The third-order valence-electron chi connectivity index (χ3n) is 8.09. The Morgan fingerprint density at radius 1 is 0.957 bits per heavy atom. The number of halogens is 8. The van der Waals surface area contributed by atoms with Gasteiger partial charge in [0.15, 0.2) is 0 Å². The molecule has 9 nitrogen and oxygen atoms in total. The van der Waals surface area contributed by atoms with Gasteiger partial charge in [-0.15, -0.1) is 5.10 Å². The van der Waals surface area contributed by atoms with Crippen LogP contribution in [0.1, 0.15) is 68.2 Å². The highest BCUT2D eigenvalue weighted by atomic mass is 35.5. The van der Waals surface area contributed by atoms with Crippen LogP contribution in [-0.2, 0) is 42.0 Å². The summed E-state index contributed by atoms with van der Waals surface area (Å²) >= 11 is 5.81. The average molecular weight is 694 g/mol. The highest BCUT2D eigenvalue weighted by Gasteiger charge is 2.35. The second-order valence-electron chi connectivity index (χ2n) is 11.5. The first-order valence-electron chi connectivity index (χ1n) is 15.1. The van der Waals surface area contributed by atoms with Crippen molar-refractivity contribution >= 4 is 29.3 Å². The molecule has 0 spiro atoms. The Balaban J connectivity index is 1.66. The van der Waals surface area contributed by atoms with E-state index >= 15 is 4.39 Å². The number of esters is 1. The molecular weight excluding hydrogens is 659 g/mol. The van der Waals surface area contributed by atoms with Gasteiger partial charge in [0, 0.05) is 49.9 Å². The van der Waals surface area contributed by atoms with Gasteiger partial charge in [0.25, 0.3) is 5.95 Å².